The standard InChI is InChI=1S/C22H19F5N4O4S2/c1-11-19(37(28,33)34)36-20(29-11)31-10-13(22(25,26)27)9-30(21(31)32)15-5-3-12(4-6-15)16-7-14(23)8-17(24)18(16)35-2/h3-8,13H,9-10H2,1-2H3,(H2,28,33,34). The van der Waals surface area contributed by atoms with Crippen molar-refractivity contribution in [1.29, 1.82) is 0 Å². The minimum atomic E-state index is -4.68. The molecular weight excluding hydrogens is 543 g/mol. The number of hydrogen-bond donors (Lipinski definition) is 1. The number of nitrogens with zero attached hydrogens (tertiary/aromatic N) is 3. The SMILES string of the molecule is COc1c(F)cc(F)cc1-c1ccc(N2CC(C(F)(F)F)CN(c3nc(C)c(S(N)(=O)=O)s3)C2=O)cc1. The zero-order chi connectivity index (χ0) is 27.3. The number of nitrogens with two attached hydrogens (primary N) is 1. The van der Waals surface area contributed by atoms with Crippen LogP contribution < -0.4 is 19.7 Å². The van der Waals surface area contributed by atoms with Crippen molar-refractivity contribution in [3.8, 4) is 16.9 Å². The molecular formula is C22H19F5N4O4S2. The van der Waals surface area contributed by atoms with Gasteiger partial charge in [-0.25, -0.2) is 32.1 Å². The largest absolute Gasteiger partial charge is 0.493 e. The van der Waals surface area contributed by atoms with Gasteiger partial charge >= 0.3 is 12.2 Å². The Hall–Kier alpha value is -3.30. The zero-order valence-corrected chi connectivity index (χ0v) is 20.8. The first-order chi connectivity index (χ1) is 17.2. The Bertz CT molecular complexity index is 1460. The molecule has 0 radical (unpaired) electrons. The number of carbonyl (C=O) groups excluding carboxylic acids is 1. The van der Waals surface area contributed by atoms with Gasteiger partial charge in [0.2, 0.25) is 10.0 Å². The fourth-order valence-electron chi connectivity index (χ4n) is 3.93. The molecule has 2 aromatic carbocycles. The summed E-state index contributed by atoms with van der Waals surface area (Å²) in [5, 5.41) is 4.90. The Morgan fingerprint density at radius 2 is 1.73 bits per heavy atom. The topological polar surface area (TPSA) is 106 Å². The van der Waals surface area contributed by atoms with Crippen LogP contribution in [0.4, 0.5) is 37.6 Å². The molecule has 1 aromatic heterocycles. The Labute approximate surface area is 212 Å². The van der Waals surface area contributed by atoms with Crippen LogP contribution in [0, 0.1) is 24.5 Å². The molecule has 3 aromatic rings. The Kier molecular flexibility index (Phi) is 6.90. The van der Waals surface area contributed by atoms with Gasteiger partial charge in [0.05, 0.1) is 18.7 Å². The van der Waals surface area contributed by atoms with E-state index in [4.69, 9.17) is 9.88 Å². The maximum absolute atomic E-state index is 14.1. The predicted octanol–water partition coefficient (Wildman–Crippen LogP) is 4.68. The molecule has 1 aliphatic rings. The van der Waals surface area contributed by atoms with Gasteiger partial charge in [0, 0.05) is 30.4 Å². The van der Waals surface area contributed by atoms with Crippen molar-refractivity contribution >= 4 is 38.2 Å². The fraction of sp³-hybridized carbons (Fsp3) is 0.273. The van der Waals surface area contributed by atoms with Crippen molar-refractivity contribution in [1.82, 2.24) is 4.98 Å². The minimum absolute atomic E-state index is 0.0448. The van der Waals surface area contributed by atoms with Crippen LogP contribution in [-0.2, 0) is 10.0 Å². The molecule has 8 nitrogen and oxygen atoms in total. The van der Waals surface area contributed by atoms with Gasteiger partial charge < -0.3 is 4.74 Å². The number of methoxy groups -OCH3 is 1. The number of primary sulfonamides is 1. The van der Waals surface area contributed by atoms with Crippen LogP contribution in [0.1, 0.15) is 5.69 Å². The van der Waals surface area contributed by atoms with E-state index in [9.17, 15) is 35.2 Å². The predicted molar refractivity (Wildman–Crippen MR) is 126 cm³/mol. The third-order valence-electron chi connectivity index (χ3n) is 5.67. The van der Waals surface area contributed by atoms with Gasteiger partial charge in [0.15, 0.2) is 20.9 Å². The summed E-state index contributed by atoms with van der Waals surface area (Å²) in [4.78, 5) is 18.9. The van der Waals surface area contributed by atoms with Gasteiger partial charge in [-0.15, -0.1) is 0 Å². The number of urea groups is 1. The number of ether oxygens (including phenoxy) is 1. The van der Waals surface area contributed by atoms with E-state index in [1.54, 1.807) is 0 Å². The summed E-state index contributed by atoms with van der Waals surface area (Å²) in [7, 11) is -3.00. The molecule has 0 bridgehead atoms. The number of aromatic nitrogens is 1. The van der Waals surface area contributed by atoms with Crippen molar-refractivity contribution < 1.29 is 39.9 Å². The van der Waals surface area contributed by atoms with Gasteiger partial charge in [-0.3, -0.25) is 9.80 Å². The van der Waals surface area contributed by atoms with E-state index in [-0.39, 0.29) is 32.0 Å². The average molecular weight is 563 g/mol. The first-order valence-electron chi connectivity index (χ1n) is 10.5. The number of halogens is 5. The second kappa shape index (κ2) is 9.54. The molecule has 198 valence electrons. The van der Waals surface area contributed by atoms with Crippen LogP contribution in [-0.4, -0.2) is 45.8 Å². The molecule has 1 atom stereocenters. The van der Waals surface area contributed by atoms with Crippen molar-refractivity contribution in [3.05, 3.63) is 53.7 Å². The number of aryl methyl sites for hydroxylation is 1. The molecule has 2 heterocycles. The molecule has 1 aliphatic heterocycles. The van der Waals surface area contributed by atoms with Crippen molar-refractivity contribution in [2.75, 3.05) is 30.0 Å². The molecule has 2 amide bonds. The summed E-state index contributed by atoms with van der Waals surface area (Å²) in [6, 6.07) is 6.25. The van der Waals surface area contributed by atoms with E-state index in [2.05, 4.69) is 4.98 Å². The molecule has 4 rings (SSSR count). The van der Waals surface area contributed by atoms with Crippen molar-refractivity contribution in [2.45, 2.75) is 17.3 Å². The molecule has 1 saturated heterocycles. The highest BCUT2D eigenvalue weighted by Gasteiger charge is 2.48. The monoisotopic (exact) mass is 562 g/mol. The van der Waals surface area contributed by atoms with Gasteiger partial charge in [0.25, 0.3) is 0 Å². The summed E-state index contributed by atoms with van der Waals surface area (Å²) in [6.45, 7) is -0.161. The number of thiazole rings is 1. The van der Waals surface area contributed by atoms with Gasteiger partial charge in [-0.2, -0.15) is 13.2 Å². The van der Waals surface area contributed by atoms with Crippen LogP contribution in [0.2, 0.25) is 0 Å². The highest BCUT2D eigenvalue weighted by molar-refractivity contribution is 7.91. The van der Waals surface area contributed by atoms with E-state index in [1.165, 1.54) is 38.3 Å². The maximum Gasteiger partial charge on any atom is 0.395 e. The first kappa shape index (κ1) is 26.8. The summed E-state index contributed by atoms with van der Waals surface area (Å²) < 4.78 is 97.4. The third-order valence-corrected chi connectivity index (χ3v) is 8.40. The highest BCUT2D eigenvalue weighted by atomic mass is 32.2. The Morgan fingerprint density at radius 3 is 2.27 bits per heavy atom. The van der Waals surface area contributed by atoms with E-state index >= 15 is 0 Å². The average Bonchev–Trinajstić information content (AvgIpc) is 3.20. The lowest BCUT2D eigenvalue weighted by Gasteiger charge is -2.39. The number of carbonyl (C=O) groups is 1. The van der Waals surface area contributed by atoms with Gasteiger partial charge in [-0.1, -0.05) is 23.5 Å². The number of sulfonamides is 1. The maximum atomic E-state index is 14.1. The van der Waals surface area contributed by atoms with E-state index in [0.29, 0.717) is 23.0 Å². The lowest BCUT2D eigenvalue weighted by atomic mass is 10.0. The van der Waals surface area contributed by atoms with Gasteiger partial charge in [0.1, 0.15) is 5.82 Å². The molecule has 15 heteroatoms. The quantitative estimate of drug-likeness (QED) is 0.455. The van der Waals surface area contributed by atoms with Crippen LogP contribution in [0.5, 0.6) is 5.75 Å². The number of benzene rings is 2. The molecule has 2 N–H and O–H groups in total. The smallest absolute Gasteiger partial charge is 0.395 e. The summed E-state index contributed by atoms with van der Waals surface area (Å²) >= 11 is 0.495. The molecule has 0 saturated carbocycles. The van der Waals surface area contributed by atoms with Crippen LogP contribution in [0.25, 0.3) is 11.1 Å². The van der Waals surface area contributed by atoms with Crippen LogP contribution in [0.3, 0.4) is 0 Å². The Balaban J connectivity index is 1.73. The number of hydrogen-bond acceptors (Lipinski definition) is 6. The van der Waals surface area contributed by atoms with Crippen molar-refractivity contribution in [2.24, 2.45) is 11.1 Å². The van der Waals surface area contributed by atoms with Crippen LogP contribution >= 0.6 is 11.3 Å². The Morgan fingerprint density at radius 1 is 1.11 bits per heavy atom. The first-order valence-corrected chi connectivity index (χ1v) is 12.9. The molecule has 1 unspecified atom stereocenters. The number of alkyl halides is 3. The normalized spacial score (nSPS) is 16.9. The second-order valence-corrected chi connectivity index (χ2v) is 10.9. The second-order valence-electron chi connectivity index (χ2n) is 8.17. The van der Waals surface area contributed by atoms with E-state index in [0.717, 1.165) is 15.9 Å². The molecule has 37 heavy (non-hydrogen) atoms. The fourth-order valence-corrected chi connectivity index (χ4v) is 5.88. The van der Waals surface area contributed by atoms with Gasteiger partial charge in [-0.05, 0) is 30.7 Å². The molecule has 1 fully saturated rings. The third kappa shape index (κ3) is 5.24. The minimum Gasteiger partial charge on any atom is -0.493 e. The lowest BCUT2D eigenvalue weighted by molar-refractivity contribution is -0.169. The van der Waals surface area contributed by atoms with E-state index in [1.807, 2.05) is 0 Å². The van der Waals surface area contributed by atoms with Crippen LogP contribution in [0.15, 0.2) is 40.6 Å². The summed E-state index contributed by atoms with van der Waals surface area (Å²) in [5.41, 5.74) is 0.390. The molecule has 0 aliphatic carbocycles. The summed E-state index contributed by atoms with van der Waals surface area (Å²) in [5.74, 6) is -4.00. The molecule has 0 spiro atoms. The number of anilines is 2. The highest BCUT2D eigenvalue weighted by Crippen LogP contribution is 2.39. The van der Waals surface area contributed by atoms with E-state index < -0.39 is 52.9 Å². The number of rotatable bonds is 5. The van der Waals surface area contributed by atoms with Crippen molar-refractivity contribution in [3.63, 3.8) is 0 Å². The number of amides is 2. The summed E-state index contributed by atoms with van der Waals surface area (Å²) in [6.07, 6.45) is -4.68. The zero-order valence-electron chi connectivity index (χ0n) is 19.2. The lowest BCUT2D eigenvalue weighted by Crippen LogP contribution is -2.57.